The summed E-state index contributed by atoms with van der Waals surface area (Å²) in [6.07, 6.45) is -0.208. The van der Waals surface area contributed by atoms with Crippen molar-refractivity contribution < 1.29 is 27.6 Å². The summed E-state index contributed by atoms with van der Waals surface area (Å²) in [5.41, 5.74) is 0.644. The van der Waals surface area contributed by atoms with Crippen LogP contribution in [0.1, 0.15) is 6.42 Å². The summed E-state index contributed by atoms with van der Waals surface area (Å²) in [5.74, 6) is -1.01. The molecule has 0 aliphatic rings. The van der Waals surface area contributed by atoms with Gasteiger partial charge in [0.05, 0.1) is 50.7 Å². The second-order valence-electron chi connectivity index (χ2n) is 7.87. The number of rotatable bonds is 9. The smallest absolute Gasteiger partial charge is 0.319 e. The standard InChI is InChI=1S/C20H26N4O5S/c1-24(2,3)14-17(13-19(25)26)22-20(27)21-15-8-7-9-16(12-15)23-30(28,29)18-10-5-4-6-11-18/h4-12,17,23H,13-14H2,1-3H3,(H2-,21,22,25,26,27)/p+1. The first-order chi connectivity index (χ1) is 13.9. The van der Waals surface area contributed by atoms with Gasteiger partial charge in [-0.3, -0.25) is 9.52 Å². The molecule has 0 saturated carbocycles. The minimum absolute atomic E-state index is 0.123. The van der Waals surface area contributed by atoms with Crippen molar-refractivity contribution in [2.45, 2.75) is 17.4 Å². The molecule has 0 radical (unpaired) electrons. The maximum atomic E-state index is 12.4. The number of carboxylic acids is 1. The summed E-state index contributed by atoms with van der Waals surface area (Å²) in [6.45, 7) is 0.427. The third kappa shape index (κ3) is 7.72. The quantitative estimate of drug-likeness (QED) is 0.449. The zero-order valence-electron chi connectivity index (χ0n) is 17.1. The fourth-order valence-electron chi connectivity index (χ4n) is 2.86. The summed E-state index contributed by atoms with van der Waals surface area (Å²) in [4.78, 5) is 23.6. The number of anilines is 2. The van der Waals surface area contributed by atoms with Crippen LogP contribution in [0, 0.1) is 0 Å². The van der Waals surface area contributed by atoms with E-state index in [0.29, 0.717) is 16.7 Å². The van der Waals surface area contributed by atoms with Crippen molar-refractivity contribution in [2.24, 2.45) is 0 Å². The number of benzene rings is 2. The van der Waals surface area contributed by atoms with E-state index in [1.54, 1.807) is 36.4 Å². The number of urea groups is 1. The molecule has 0 spiro atoms. The lowest BCUT2D eigenvalue weighted by molar-refractivity contribution is -0.871. The van der Waals surface area contributed by atoms with Crippen LogP contribution in [0.5, 0.6) is 0 Å². The van der Waals surface area contributed by atoms with Crippen molar-refractivity contribution in [3.63, 3.8) is 0 Å². The minimum atomic E-state index is -3.76. The molecule has 162 valence electrons. The van der Waals surface area contributed by atoms with E-state index >= 15 is 0 Å². The number of carbonyl (C=O) groups excluding carboxylic acids is 1. The number of hydrogen-bond acceptors (Lipinski definition) is 4. The lowest BCUT2D eigenvalue weighted by Crippen LogP contribution is -2.50. The van der Waals surface area contributed by atoms with Gasteiger partial charge in [0.1, 0.15) is 0 Å². The molecule has 2 amide bonds. The molecule has 2 rings (SSSR count). The van der Waals surface area contributed by atoms with Gasteiger partial charge in [-0.2, -0.15) is 0 Å². The molecule has 30 heavy (non-hydrogen) atoms. The molecule has 0 saturated heterocycles. The van der Waals surface area contributed by atoms with Crippen LogP contribution in [-0.4, -0.2) is 63.7 Å². The summed E-state index contributed by atoms with van der Waals surface area (Å²) in [5, 5.41) is 14.4. The number of nitrogens with zero attached hydrogens (tertiary/aromatic N) is 1. The molecule has 1 unspecified atom stereocenters. The Hall–Kier alpha value is -3.11. The predicted molar refractivity (Wildman–Crippen MR) is 115 cm³/mol. The van der Waals surface area contributed by atoms with Crippen LogP contribution in [0.25, 0.3) is 0 Å². The van der Waals surface area contributed by atoms with E-state index in [-0.39, 0.29) is 17.0 Å². The highest BCUT2D eigenvalue weighted by Gasteiger charge is 2.23. The Morgan fingerprint density at radius 1 is 1.00 bits per heavy atom. The van der Waals surface area contributed by atoms with Crippen molar-refractivity contribution in [3.8, 4) is 0 Å². The first kappa shape index (κ1) is 23.2. The number of carboxylic acid groups (broad SMARTS) is 1. The van der Waals surface area contributed by atoms with Crippen molar-refractivity contribution >= 4 is 33.4 Å². The van der Waals surface area contributed by atoms with Crippen LogP contribution in [0.2, 0.25) is 0 Å². The van der Waals surface area contributed by atoms with Crippen molar-refractivity contribution in [1.29, 1.82) is 0 Å². The maximum Gasteiger partial charge on any atom is 0.319 e. The topological polar surface area (TPSA) is 125 Å². The Bertz CT molecular complexity index is 988. The third-order valence-electron chi connectivity index (χ3n) is 3.95. The van der Waals surface area contributed by atoms with E-state index in [0.717, 1.165) is 0 Å². The fourth-order valence-corrected chi connectivity index (χ4v) is 3.93. The first-order valence-corrected chi connectivity index (χ1v) is 10.7. The third-order valence-corrected chi connectivity index (χ3v) is 5.35. The number of carbonyl (C=O) groups is 2. The van der Waals surface area contributed by atoms with Crippen LogP contribution in [0.4, 0.5) is 16.2 Å². The Morgan fingerprint density at radius 3 is 2.23 bits per heavy atom. The van der Waals surface area contributed by atoms with Gasteiger partial charge in [-0.25, -0.2) is 13.2 Å². The molecule has 0 aliphatic heterocycles. The van der Waals surface area contributed by atoms with Crippen LogP contribution in [-0.2, 0) is 14.8 Å². The normalized spacial score (nSPS) is 12.6. The molecule has 0 aliphatic carbocycles. The van der Waals surface area contributed by atoms with Gasteiger partial charge in [0.2, 0.25) is 0 Å². The van der Waals surface area contributed by atoms with Gasteiger partial charge >= 0.3 is 12.0 Å². The average molecular weight is 436 g/mol. The molecule has 0 aromatic heterocycles. The Morgan fingerprint density at radius 2 is 1.63 bits per heavy atom. The maximum absolute atomic E-state index is 12.4. The number of sulfonamides is 1. The van der Waals surface area contributed by atoms with E-state index in [9.17, 15) is 18.0 Å². The SMILES string of the molecule is C[N+](C)(C)CC(CC(=O)O)NC(=O)Nc1cccc(NS(=O)(=O)c2ccccc2)c1. The molecular formula is C20H27N4O5S+. The number of hydrogen-bond donors (Lipinski definition) is 4. The predicted octanol–water partition coefficient (Wildman–Crippen LogP) is 2.16. The zero-order chi connectivity index (χ0) is 22.4. The van der Waals surface area contributed by atoms with Crippen LogP contribution in [0.15, 0.2) is 59.5 Å². The highest BCUT2D eigenvalue weighted by Crippen LogP contribution is 2.19. The molecule has 2 aromatic carbocycles. The van der Waals surface area contributed by atoms with E-state index in [1.807, 2.05) is 21.1 Å². The summed E-state index contributed by atoms with van der Waals surface area (Å²) >= 11 is 0. The molecule has 4 N–H and O–H groups in total. The molecular weight excluding hydrogens is 408 g/mol. The van der Waals surface area contributed by atoms with E-state index in [4.69, 9.17) is 5.11 Å². The Labute approximate surface area is 176 Å². The van der Waals surface area contributed by atoms with Crippen LogP contribution >= 0.6 is 0 Å². The molecule has 0 heterocycles. The number of quaternary nitrogens is 1. The van der Waals surface area contributed by atoms with E-state index < -0.39 is 28.1 Å². The van der Waals surface area contributed by atoms with Crippen molar-refractivity contribution in [2.75, 3.05) is 37.7 Å². The highest BCUT2D eigenvalue weighted by molar-refractivity contribution is 7.92. The molecule has 1 atom stereocenters. The number of nitrogens with one attached hydrogen (secondary N) is 3. The summed E-state index contributed by atoms with van der Waals surface area (Å²) in [6, 6.07) is 13.0. The highest BCUT2D eigenvalue weighted by atomic mass is 32.2. The van der Waals surface area contributed by atoms with Gasteiger partial charge in [0.15, 0.2) is 0 Å². The van der Waals surface area contributed by atoms with E-state index in [1.165, 1.54) is 18.2 Å². The average Bonchev–Trinajstić information content (AvgIpc) is 2.60. The lowest BCUT2D eigenvalue weighted by Gasteiger charge is -2.29. The first-order valence-electron chi connectivity index (χ1n) is 9.22. The minimum Gasteiger partial charge on any atom is -0.481 e. The molecule has 2 aromatic rings. The van der Waals surface area contributed by atoms with E-state index in [2.05, 4.69) is 15.4 Å². The molecule has 10 heteroatoms. The summed E-state index contributed by atoms with van der Waals surface area (Å²) < 4.78 is 27.8. The largest absolute Gasteiger partial charge is 0.481 e. The number of aliphatic carboxylic acids is 1. The van der Waals surface area contributed by atoms with Crippen molar-refractivity contribution in [3.05, 3.63) is 54.6 Å². The zero-order valence-corrected chi connectivity index (χ0v) is 17.9. The Kier molecular flexibility index (Phi) is 7.41. The van der Waals surface area contributed by atoms with Gasteiger partial charge in [-0.1, -0.05) is 24.3 Å². The summed E-state index contributed by atoms with van der Waals surface area (Å²) in [7, 11) is 1.94. The van der Waals surface area contributed by atoms with Gasteiger partial charge in [-0.15, -0.1) is 0 Å². The Balaban J connectivity index is 2.06. The monoisotopic (exact) mass is 435 g/mol. The lowest BCUT2D eigenvalue weighted by atomic mass is 10.2. The molecule has 0 bridgehead atoms. The van der Waals surface area contributed by atoms with Crippen molar-refractivity contribution in [1.82, 2.24) is 5.32 Å². The van der Waals surface area contributed by atoms with Gasteiger partial charge in [-0.05, 0) is 30.3 Å². The second kappa shape index (κ2) is 9.59. The molecule has 0 fully saturated rings. The fraction of sp³-hybridized carbons (Fsp3) is 0.300. The molecule has 9 nitrogen and oxygen atoms in total. The van der Waals surface area contributed by atoms with Gasteiger partial charge in [0, 0.05) is 5.69 Å². The second-order valence-corrected chi connectivity index (χ2v) is 9.55. The number of likely N-dealkylation sites (N-methyl/N-ethyl adjacent to an activating group) is 1. The van der Waals surface area contributed by atoms with Gasteiger partial charge in [0.25, 0.3) is 10.0 Å². The van der Waals surface area contributed by atoms with Gasteiger partial charge < -0.3 is 20.2 Å². The van der Waals surface area contributed by atoms with Crippen LogP contribution in [0.3, 0.4) is 0 Å². The van der Waals surface area contributed by atoms with Crippen LogP contribution < -0.4 is 15.4 Å². The number of amides is 2.